The Hall–Kier alpha value is -1.13. The molecule has 1 aliphatic carbocycles. The van der Waals surface area contributed by atoms with Crippen LogP contribution in [0.15, 0.2) is 24.3 Å². The first kappa shape index (κ1) is 14.3. The van der Waals surface area contributed by atoms with E-state index >= 15 is 0 Å². The molecule has 1 saturated carbocycles. The second-order valence-electron chi connectivity index (χ2n) is 5.55. The van der Waals surface area contributed by atoms with Crippen molar-refractivity contribution in [2.24, 2.45) is 0 Å². The van der Waals surface area contributed by atoms with E-state index in [1.54, 1.807) is 6.07 Å². The van der Waals surface area contributed by atoms with Crippen molar-refractivity contribution in [2.75, 3.05) is 25.5 Å². The first-order valence-electron chi connectivity index (χ1n) is 6.90. The minimum Gasteiger partial charge on any atom is -0.389 e. The molecule has 2 rings (SSSR count). The summed E-state index contributed by atoms with van der Waals surface area (Å²) < 4.78 is 13.8. The molecule has 1 fully saturated rings. The van der Waals surface area contributed by atoms with Gasteiger partial charge in [0, 0.05) is 19.6 Å². The Balaban J connectivity index is 2.00. The van der Waals surface area contributed by atoms with Crippen LogP contribution < -0.4 is 10.2 Å². The molecular formula is C15H23FN2O. The predicted octanol–water partition coefficient (Wildman–Crippen LogP) is 2.15. The van der Waals surface area contributed by atoms with Gasteiger partial charge in [-0.25, -0.2) is 4.39 Å². The third kappa shape index (κ3) is 3.25. The standard InChI is InChI=1S/C15H23FN2O/c1-17-11-15(19)9-7-12(8-10-15)18(2)14-6-4-3-5-13(14)16/h3-6,12,17,19H,7-11H2,1-2H3. The lowest BCUT2D eigenvalue weighted by molar-refractivity contribution is 0.00196. The lowest BCUT2D eigenvalue weighted by Gasteiger charge is -2.40. The molecule has 1 aromatic rings. The van der Waals surface area contributed by atoms with Crippen LogP contribution in [0.1, 0.15) is 25.7 Å². The van der Waals surface area contributed by atoms with E-state index in [-0.39, 0.29) is 5.82 Å². The van der Waals surface area contributed by atoms with Gasteiger partial charge in [0.25, 0.3) is 0 Å². The topological polar surface area (TPSA) is 35.5 Å². The number of nitrogens with one attached hydrogen (secondary N) is 1. The van der Waals surface area contributed by atoms with E-state index in [1.165, 1.54) is 6.07 Å². The molecule has 106 valence electrons. The summed E-state index contributed by atoms with van der Waals surface area (Å²) in [5.74, 6) is -0.180. The zero-order chi connectivity index (χ0) is 13.9. The number of likely N-dealkylation sites (N-methyl/N-ethyl adjacent to an activating group) is 1. The number of anilines is 1. The van der Waals surface area contributed by atoms with Crippen molar-refractivity contribution >= 4 is 5.69 Å². The van der Waals surface area contributed by atoms with Crippen LogP contribution in [-0.2, 0) is 0 Å². The normalized spacial score (nSPS) is 27.3. The molecule has 0 amide bonds. The van der Waals surface area contributed by atoms with Crippen LogP contribution in [0.25, 0.3) is 0 Å². The molecule has 19 heavy (non-hydrogen) atoms. The van der Waals surface area contributed by atoms with Crippen LogP contribution in [0.2, 0.25) is 0 Å². The monoisotopic (exact) mass is 266 g/mol. The molecular weight excluding hydrogens is 243 g/mol. The molecule has 0 atom stereocenters. The maximum Gasteiger partial charge on any atom is 0.146 e. The van der Waals surface area contributed by atoms with Crippen molar-refractivity contribution in [1.29, 1.82) is 0 Å². The van der Waals surface area contributed by atoms with Gasteiger partial charge in [0.05, 0.1) is 11.3 Å². The lowest BCUT2D eigenvalue weighted by Crippen LogP contribution is -2.47. The average Bonchev–Trinajstić information content (AvgIpc) is 2.39. The van der Waals surface area contributed by atoms with Crippen molar-refractivity contribution in [3.63, 3.8) is 0 Å². The summed E-state index contributed by atoms with van der Waals surface area (Å²) in [5, 5.41) is 13.4. The molecule has 1 aliphatic rings. The van der Waals surface area contributed by atoms with Gasteiger partial charge < -0.3 is 15.3 Å². The molecule has 0 aromatic heterocycles. The summed E-state index contributed by atoms with van der Waals surface area (Å²) in [4.78, 5) is 2.01. The van der Waals surface area contributed by atoms with Crippen LogP contribution in [0.5, 0.6) is 0 Å². The highest BCUT2D eigenvalue weighted by atomic mass is 19.1. The van der Waals surface area contributed by atoms with Gasteiger partial charge in [-0.1, -0.05) is 12.1 Å². The largest absolute Gasteiger partial charge is 0.389 e. The van der Waals surface area contributed by atoms with Crippen molar-refractivity contribution in [2.45, 2.75) is 37.3 Å². The van der Waals surface area contributed by atoms with Gasteiger partial charge in [0.1, 0.15) is 5.82 Å². The fourth-order valence-electron chi connectivity index (χ4n) is 2.97. The highest BCUT2D eigenvalue weighted by Gasteiger charge is 2.34. The fraction of sp³-hybridized carbons (Fsp3) is 0.600. The van der Waals surface area contributed by atoms with Gasteiger partial charge in [-0.3, -0.25) is 0 Å². The fourth-order valence-corrected chi connectivity index (χ4v) is 2.97. The Morgan fingerprint density at radius 1 is 1.37 bits per heavy atom. The van der Waals surface area contributed by atoms with Crippen molar-refractivity contribution in [3.8, 4) is 0 Å². The number of rotatable bonds is 4. The number of para-hydroxylation sites is 1. The van der Waals surface area contributed by atoms with E-state index in [0.29, 0.717) is 18.3 Å². The summed E-state index contributed by atoms with van der Waals surface area (Å²) in [7, 11) is 3.79. The third-order valence-corrected chi connectivity index (χ3v) is 4.17. The average molecular weight is 266 g/mol. The van der Waals surface area contributed by atoms with E-state index in [1.807, 2.05) is 31.1 Å². The molecule has 0 saturated heterocycles. The van der Waals surface area contributed by atoms with Crippen LogP contribution in [0, 0.1) is 5.82 Å². The Morgan fingerprint density at radius 2 is 2.00 bits per heavy atom. The molecule has 0 spiro atoms. The predicted molar refractivity (Wildman–Crippen MR) is 75.9 cm³/mol. The van der Waals surface area contributed by atoms with E-state index in [0.717, 1.165) is 25.7 Å². The van der Waals surface area contributed by atoms with Crippen molar-refractivity contribution in [1.82, 2.24) is 5.32 Å². The molecule has 4 heteroatoms. The van der Waals surface area contributed by atoms with Gasteiger partial charge in [-0.2, -0.15) is 0 Å². The number of benzene rings is 1. The van der Waals surface area contributed by atoms with Crippen LogP contribution in [-0.4, -0.2) is 37.4 Å². The smallest absolute Gasteiger partial charge is 0.146 e. The van der Waals surface area contributed by atoms with Gasteiger partial charge in [0.15, 0.2) is 0 Å². The van der Waals surface area contributed by atoms with Gasteiger partial charge in [-0.15, -0.1) is 0 Å². The SMILES string of the molecule is CNCC1(O)CCC(N(C)c2ccccc2F)CC1. The highest BCUT2D eigenvalue weighted by Crippen LogP contribution is 2.32. The number of nitrogens with zero attached hydrogens (tertiary/aromatic N) is 1. The molecule has 0 heterocycles. The van der Waals surface area contributed by atoms with Crippen molar-refractivity contribution < 1.29 is 9.50 Å². The minimum atomic E-state index is -0.596. The molecule has 0 bridgehead atoms. The Bertz CT molecular complexity index is 416. The maximum absolute atomic E-state index is 13.8. The van der Waals surface area contributed by atoms with E-state index in [4.69, 9.17) is 0 Å². The van der Waals surface area contributed by atoms with Crippen LogP contribution >= 0.6 is 0 Å². The van der Waals surface area contributed by atoms with Gasteiger partial charge in [-0.05, 0) is 44.9 Å². The summed E-state index contributed by atoms with van der Waals surface area (Å²) in [6.07, 6.45) is 3.31. The zero-order valence-corrected chi connectivity index (χ0v) is 11.7. The molecule has 3 nitrogen and oxygen atoms in total. The molecule has 0 radical (unpaired) electrons. The zero-order valence-electron chi connectivity index (χ0n) is 11.7. The summed E-state index contributed by atoms with van der Waals surface area (Å²) in [6.45, 7) is 0.628. The first-order chi connectivity index (χ1) is 9.06. The van der Waals surface area contributed by atoms with E-state index < -0.39 is 5.60 Å². The summed E-state index contributed by atoms with van der Waals surface area (Å²) >= 11 is 0. The Kier molecular flexibility index (Phi) is 4.42. The summed E-state index contributed by atoms with van der Waals surface area (Å²) in [5.41, 5.74) is 0.0490. The highest BCUT2D eigenvalue weighted by molar-refractivity contribution is 5.47. The quantitative estimate of drug-likeness (QED) is 0.876. The van der Waals surface area contributed by atoms with Gasteiger partial charge >= 0.3 is 0 Å². The molecule has 1 aromatic carbocycles. The Morgan fingerprint density at radius 3 is 2.58 bits per heavy atom. The second kappa shape index (κ2) is 5.88. The van der Waals surface area contributed by atoms with E-state index in [2.05, 4.69) is 5.32 Å². The number of halogens is 1. The Labute approximate surface area is 114 Å². The number of hydrogen-bond donors (Lipinski definition) is 2. The van der Waals surface area contributed by atoms with Crippen molar-refractivity contribution in [3.05, 3.63) is 30.1 Å². The molecule has 2 N–H and O–H groups in total. The molecule has 0 unspecified atom stereocenters. The number of aliphatic hydroxyl groups is 1. The second-order valence-corrected chi connectivity index (χ2v) is 5.55. The summed E-state index contributed by atoms with van der Waals surface area (Å²) in [6, 6.07) is 7.17. The third-order valence-electron chi connectivity index (χ3n) is 4.17. The van der Waals surface area contributed by atoms with Gasteiger partial charge in [0.2, 0.25) is 0 Å². The molecule has 0 aliphatic heterocycles. The first-order valence-corrected chi connectivity index (χ1v) is 6.90. The lowest BCUT2D eigenvalue weighted by atomic mass is 9.81. The van der Waals surface area contributed by atoms with E-state index in [9.17, 15) is 9.50 Å². The van der Waals surface area contributed by atoms with Crippen LogP contribution in [0.4, 0.5) is 10.1 Å². The number of hydrogen-bond acceptors (Lipinski definition) is 3. The van der Waals surface area contributed by atoms with Crippen LogP contribution in [0.3, 0.4) is 0 Å². The minimum absolute atomic E-state index is 0.180. The maximum atomic E-state index is 13.8.